The van der Waals surface area contributed by atoms with E-state index in [4.69, 9.17) is 31.4 Å². The lowest BCUT2D eigenvalue weighted by Gasteiger charge is -2.39. The predicted octanol–water partition coefficient (Wildman–Crippen LogP) is 1.46. The summed E-state index contributed by atoms with van der Waals surface area (Å²) in [5.74, 6) is 0. The zero-order valence-corrected chi connectivity index (χ0v) is 13.2. The minimum Gasteiger partial charge on any atom is -0.0990 e. The summed E-state index contributed by atoms with van der Waals surface area (Å²) in [4.78, 5) is 0. The lowest BCUT2D eigenvalue weighted by Crippen LogP contribution is -2.44. The molecule has 0 N–H and O–H groups in total. The molecule has 0 unspecified atom stereocenters. The Morgan fingerprint density at radius 1 is 1.00 bits per heavy atom. The molecule has 8 radical (unpaired) electrons. The van der Waals surface area contributed by atoms with Gasteiger partial charge in [-0.2, -0.15) is 0 Å². The van der Waals surface area contributed by atoms with Crippen LogP contribution in [-0.4, -0.2) is 31.4 Å². The molecule has 4 heteroatoms. The molecule has 1 aliphatic carbocycles. The van der Waals surface area contributed by atoms with Crippen LogP contribution in [-0.2, 0) is 5.21 Å². The van der Waals surface area contributed by atoms with Crippen LogP contribution in [0.3, 0.4) is 0 Å². The maximum atomic E-state index is 6.40. The third kappa shape index (κ3) is 2.04. The second-order valence-corrected chi connectivity index (χ2v) is 5.55. The highest BCUT2D eigenvalue weighted by Gasteiger charge is 2.47. The van der Waals surface area contributed by atoms with Crippen molar-refractivity contribution in [2.75, 3.05) is 0 Å². The summed E-state index contributed by atoms with van der Waals surface area (Å²) >= 11 is 0. The molecule has 0 atom stereocenters. The standard InChI is InChI=1S/C18H16B4/c1-5-9-13-11(6-2)10-12(7-3)15-14(8-4)17(19,20)18(21,22)16(13)15/h5-10H,1,3H2,2,4H3/b11-6-,13-9+,14-8+. The van der Waals surface area contributed by atoms with Crippen LogP contribution < -0.4 is 10.4 Å². The quantitative estimate of drug-likeness (QED) is 0.717. The summed E-state index contributed by atoms with van der Waals surface area (Å²) in [6.45, 7) is 11.5. The van der Waals surface area contributed by atoms with E-state index in [0.717, 1.165) is 32.7 Å². The fourth-order valence-electron chi connectivity index (χ4n) is 3.18. The largest absolute Gasteiger partial charge is 0.0990 e. The molecular formula is C18H16B4. The van der Waals surface area contributed by atoms with Gasteiger partial charge in [-0.05, 0) is 47.0 Å². The van der Waals surface area contributed by atoms with Crippen molar-refractivity contribution in [2.24, 2.45) is 0 Å². The van der Waals surface area contributed by atoms with Gasteiger partial charge in [0, 0.05) is 0 Å². The first-order chi connectivity index (χ1) is 10.3. The summed E-state index contributed by atoms with van der Waals surface area (Å²) in [6.07, 6.45) is 9.20. The van der Waals surface area contributed by atoms with Gasteiger partial charge in [0.25, 0.3) is 0 Å². The molecule has 0 aromatic heterocycles. The molecule has 0 amide bonds. The molecule has 0 nitrogen and oxygen atoms in total. The van der Waals surface area contributed by atoms with E-state index in [-0.39, 0.29) is 0 Å². The van der Waals surface area contributed by atoms with E-state index in [1.54, 1.807) is 12.2 Å². The van der Waals surface area contributed by atoms with Gasteiger partial charge in [0.15, 0.2) is 0 Å². The van der Waals surface area contributed by atoms with E-state index < -0.39 is 10.4 Å². The molecule has 1 aromatic carbocycles. The molecule has 0 saturated carbocycles. The molecular weight excluding hydrogens is 259 g/mol. The number of benzene rings is 1. The van der Waals surface area contributed by atoms with E-state index in [0.29, 0.717) is 0 Å². The van der Waals surface area contributed by atoms with Gasteiger partial charge in [-0.15, -0.1) is 0 Å². The van der Waals surface area contributed by atoms with Crippen LogP contribution in [0.5, 0.6) is 0 Å². The second-order valence-electron chi connectivity index (χ2n) is 5.55. The summed E-state index contributed by atoms with van der Waals surface area (Å²) in [6, 6.07) is 2.03. The van der Waals surface area contributed by atoms with E-state index >= 15 is 0 Å². The van der Waals surface area contributed by atoms with Gasteiger partial charge >= 0.3 is 0 Å². The number of hydrogen-bond acceptors (Lipinski definition) is 0. The van der Waals surface area contributed by atoms with E-state index in [1.807, 2.05) is 38.1 Å². The Labute approximate surface area is 138 Å². The van der Waals surface area contributed by atoms with Gasteiger partial charge in [-0.3, -0.25) is 0 Å². The molecule has 0 spiro atoms. The third-order valence-electron chi connectivity index (χ3n) is 4.35. The highest BCUT2D eigenvalue weighted by Crippen LogP contribution is 2.56. The lowest BCUT2D eigenvalue weighted by molar-refractivity contribution is 0.844. The molecule has 0 heterocycles. The van der Waals surface area contributed by atoms with Crippen molar-refractivity contribution in [2.45, 2.75) is 24.3 Å². The Kier molecular flexibility index (Phi) is 4.26. The van der Waals surface area contributed by atoms with Crippen LogP contribution in [0.15, 0.2) is 31.4 Å². The first-order valence-corrected chi connectivity index (χ1v) is 7.19. The van der Waals surface area contributed by atoms with Crippen LogP contribution in [0.4, 0.5) is 0 Å². The highest BCUT2D eigenvalue weighted by molar-refractivity contribution is 6.60. The van der Waals surface area contributed by atoms with Crippen LogP contribution in [0.25, 0.3) is 23.8 Å². The summed E-state index contributed by atoms with van der Waals surface area (Å²) in [5, 5.41) is -0.879. The van der Waals surface area contributed by atoms with Crippen molar-refractivity contribution < 1.29 is 0 Å². The Balaban J connectivity index is 3.19. The van der Waals surface area contributed by atoms with Gasteiger partial charge in [0.05, 0.1) is 31.4 Å². The topological polar surface area (TPSA) is 0 Å². The SMILES string of the molecule is [B]C1([B])/C(=C/C)c2c(C=C)cc(=C/C)/c(=C\C=C)c2C1([B])[B]. The van der Waals surface area contributed by atoms with E-state index in [9.17, 15) is 0 Å². The number of rotatable bonds is 2. The maximum Gasteiger partial charge on any atom is 0.0675 e. The van der Waals surface area contributed by atoms with Crippen molar-refractivity contribution in [1.29, 1.82) is 0 Å². The third-order valence-corrected chi connectivity index (χ3v) is 4.35. The molecule has 22 heavy (non-hydrogen) atoms. The smallest absolute Gasteiger partial charge is 0.0675 e. The fraction of sp³-hybridized carbons (Fsp3) is 0.222. The summed E-state index contributed by atoms with van der Waals surface area (Å²) in [7, 11) is 25.4. The molecule has 0 aliphatic heterocycles. The zero-order valence-electron chi connectivity index (χ0n) is 13.2. The average molecular weight is 276 g/mol. The van der Waals surface area contributed by atoms with Crippen molar-refractivity contribution in [1.82, 2.24) is 0 Å². The number of allylic oxidation sites excluding steroid dienone is 3. The van der Waals surface area contributed by atoms with Crippen LogP contribution in [0.1, 0.15) is 30.5 Å². The highest BCUT2D eigenvalue weighted by atomic mass is 14.4. The monoisotopic (exact) mass is 276 g/mol. The fourth-order valence-corrected chi connectivity index (χ4v) is 3.18. The van der Waals surface area contributed by atoms with Crippen LogP contribution in [0, 0.1) is 0 Å². The summed E-state index contributed by atoms with van der Waals surface area (Å²) < 4.78 is 0. The molecule has 2 rings (SSSR count). The Bertz CT molecular complexity index is 795. The van der Waals surface area contributed by atoms with Gasteiger partial charge in [-0.25, -0.2) is 0 Å². The minimum atomic E-state index is -1.39. The molecule has 0 fully saturated rings. The number of hydrogen-bond donors (Lipinski definition) is 0. The van der Waals surface area contributed by atoms with Gasteiger partial charge in [0.2, 0.25) is 0 Å². The Morgan fingerprint density at radius 2 is 1.64 bits per heavy atom. The molecule has 1 aliphatic rings. The van der Waals surface area contributed by atoms with Gasteiger partial charge in [0.1, 0.15) is 0 Å². The lowest BCUT2D eigenvalue weighted by atomic mass is 9.29. The maximum absolute atomic E-state index is 6.40. The first-order valence-electron chi connectivity index (χ1n) is 7.19. The van der Waals surface area contributed by atoms with Crippen molar-refractivity contribution in [3.05, 3.63) is 58.5 Å². The summed E-state index contributed by atoms with van der Waals surface area (Å²) in [5.41, 5.74) is 3.24. The molecule has 100 valence electrons. The molecule has 0 bridgehead atoms. The normalized spacial score (nSPS) is 21.8. The van der Waals surface area contributed by atoms with Crippen LogP contribution in [0.2, 0.25) is 5.21 Å². The minimum absolute atomic E-state index is 0.726. The van der Waals surface area contributed by atoms with Crippen molar-refractivity contribution in [3.63, 3.8) is 0 Å². The van der Waals surface area contributed by atoms with Crippen molar-refractivity contribution >= 4 is 55.2 Å². The predicted molar refractivity (Wildman–Crippen MR) is 102 cm³/mol. The van der Waals surface area contributed by atoms with E-state index in [1.165, 1.54) is 0 Å². The van der Waals surface area contributed by atoms with Crippen molar-refractivity contribution in [3.8, 4) is 0 Å². The number of fused-ring (bicyclic) bond motifs is 1. The van der Waals surface area contributed by atoms with Gasteiger partial charge in [-0.1, -0.05) is 59.5 Å². The van der Waals surface area contributed by atoms with Gasteiger partial charge < -0.3 is 0 Å². The first kappa shape index (κ1) is 16.8. The Hall–Kier alpha value is -1.56. The molecule has 0 saturated heterocycles. The second kappa shape index (κ2) is 5.57. The van der Waals surface area contributed by atoms with E-state index in [2.05, 4.69) is 13.2 Å². The zero-order chi connectivity index (χ0) is 16.7. The molecule has 1 aromatic rings. The average Bonchev–Trinajstić information content (AvgIpc) is 2.63. The Morgan fingerprint density at radius 3 is 2.09 bits per heavy atom. The van der Waals surface area contributed by atoms with Crippen LogP contribution >= 0.6 is 0 Å².